The third kappa shape index (κ3) is 5.02. The number of benzene rings is 2. The molecule has 0 N–H and O–H groups in total. The molecule has 2 aliphatic heterocycles. The van der Waals surface area contributed by atoms with Crippen LogP contribution in [0.15, 0.2) is 41.3 Å². The van der Waals surface area contributed by atoms with Crippen molar-refractivity contribution in [1.82, 2.24) is 0 Å². The van der Waals surface area contributed by atoms with Gasteiger partial charge in [0.25, 0.3) is 0 Å². The van der Waals surface area contributed by atoms with Crippen LogP contribution in [0.1, 0.15) is 18.1 Å². The van der Waals surface area contributed by atoms with E-state index in [1.165, 1.54) is 12.1 Å². The van der Waals surface area contributed by atoms with Gasteiger partial charge in [0, 0.05) is 10.5 Å². The summed E-state index contributed by atoms with van der Waals surface area (Å²) in [5, 5.41) is 0. The highest BCUT2D eigenvalue weighted by molar-refractivity contribution is 7.80. The molecule has 158 valence electrons. The van der Waals surface area contributed by atoms with Crippen molar-refractivity contribution in [3.8, 4) is 5.75 Å². The van der Waals surface area contributed by atoms with Crippen molar-refractivity contribution in [3.63, 3.8) is 0 Å². The van der Waals surface area contributed by atoms with Gasteiger partial charge in [-0.2, -0.15) is 13.2 Å². The first kappa shape index (κ1) is 21.9. The Bertz CT molecular complexity index is 848. The standard InChI is InChI=1S/C13H14F2O3.C7H5F3S/c1-13(17-4-5-18-13)8-6-9-10(14)2-3-11(15)12(9)16-7-8;8-7(9,10)5-1-3-6(11)4-2-5/h2-3,8H,4-7H2,1H3;1-4,11H/t8-;/m0./s1. The molecule has 0 spiro atoms. The predicted octanol–water partition coefficient (Wildman–Crippen LogP) is 5.27. The quantitative estimate of drug-likeness (QED) is 0.489. The Kier molecular flexibility index (Phi) is 6.40. The molecule has 0 aromatic heterocycles. The zero-order valence-corrected chi connectivity index (χ0v) is 16.3. The van der Waals surface area contributed by atoms with E-state index in [1.807, 2.05) is 6.92 Å². The molecule has 0 radical (unpaired) electrons. The minimum atomic E-state index is -4.25. The zero-order valence-electron chi connectivity index (χ0n) is 15.4. The van der Waals surface area contributed by atoms with Crippen LogP contribution in [0.2, 0.25) is 0 Å². The highest BCUT2D eigenvalue weighted by Crippen LogP contribution is 2.38. The average Bonchev–Trinajstić information content (AvgIpc) is 3.13. The van der Waals surface area contributed by atoms with Crippen molar-refractivity contribution >= 4 is 12.6 Å². The summed E-state index contributed by atoms with van der Waals surface area (Å²) in [7, 11) is 0. The first-order valence-corrected chi connectivity index (χ1v) is 9.28. The number of fused-ring (bicyclic) bond motifs is 1. The fraction of sp³-hybridized carbons (Fsp3) is 0.400. The molecule has 2 aromatic carbocycles. The third-order valence-electron chi connectivity index (χ3n) is 4.83. The summed E-state index contributed by atoms with van der Waals surface area (Å²) in [6.07, 6.45) is -3.89. The van der Waals surface area contributed by atoms with Gasteiger partial charge < -0.3 is 14.2 Å². The molecule has 29 heavy (non-hydrogen) atoms. The molecule has 0 saturated carbocycles. The van der Waals surface area contributed by atoms with Gasteiger partial charge in [0.1, 0.15) is 5.82 Å². The number of thiol groups is 1. The largest absolute Gasteiger partial charge is 0.490 e. The van der Waals surface area contributed by atoms with Gasteiger partial charge in [-0.1, -0.05) is 0 Å². The van der Waals surface area contributed by atoms with Crippen LogP contribution in [-0.4, -0.2) is 25.6 Å². The molecule has 2 aromatic rings. The van der Waals surface area contributed by atoms with Crippen LogP contribution in [-0.2, 0) is 22.1 Å². The number of hydrogen-bond donors (Lipinski definition) is 1. The maximum atomic E-state index is 13.7. The fourth-order valence-corrected chi connectivity index (χ4v) is 3.31. The normalized spacial score (nSPS) is 20.3. The number of alkyl halides is 3. The Balaban J connectivity index is 0.000000188. The second-order valence-electron chi connectivity index (χ2n) is 6.81. The van der Waals surface area contributed by atoms with E-state index in [4.69, 9.17) is 14.2 Å². The topological polar surface area (TPSA) is 27.7 Å². The fourth-order valence-electron chi connectivity index (χ4n) is 3.16. The lowest BCUT2D eigenvalue weighted by atomic mass is 9.90. The van der Waals surface area contributed by atoms with Gasteiger partial charge in [0.15, 0.2) is 17.4 Å². The molecule has 4 rings (SSSR count). The molecule has 0 amide bonds. The zero-order chi connectivity index (χ0) is 21.2. The van der Waals surface area contributed by atoms with E-state index < -0.39 is 29.2 Å². The molecule has 1 fully saturated rings. The van der Waals surface area contributed by atoms with Gasteiger partial charge in [-0.05, 0) is 49.7 Å². The van der Waals surface area contributed by atoms with Crippen LogP contribution >= 0.6 is 12.6 Å². The van der Waals surface area contributed by atoms with Crippen LogP contribution in [0.4, 0.5) is 22.0 Å². The molecule has 1 atom stereocenters. The highest BCUT2D eigenvalue weighted by atomic mass is 32.1. The average molecular weight is 434 g/mol. The molecule has 0 unspecified atom stereocenters. The first-order valence-electron chi connectivity index (χ1n) is 8.84. The molecule has 2 aliphatic rings. The second-order valence-corrected chi connectivity index (χ2v) is 7.32. The lowest BCUT2D eigenvalue weighted by Crippen LogP contribution is -2.42. The molecule has 0 bridgehead atoms. The van der Waals surface area contributed by atoms with Gasteiger partial charge in [-0.3, -0.25) is 0 Å². The smallest absolute Gasteiger partial charge is 0.416 e. The van der Waals surface area contributed by atoms with Crippen molar-refractivity contribution in [2.24, 2.45) is 5.92 Å². The van der Waals surface area contributed by atoms with Crippen molar-refractivity contribution in [2.75, 3.05) is 19.8 Å². The monoisotopic (exact) mass is 434 g/mol. The summed E-state index contributed by atoms with van der Waals surface area (Å²) in [5.41, 5.74) is -0.373. The Morgan fingerprint density at radius 2 is 1.55 bits per heavy atom. The molecular formula is C20H19F5O3S. The Morgan fingerprint density at radius 3 is 2.14 bits per heavy atom. The third-order valence-corrected chi connectivity index (χ3v) is 5.13. The minimum Gasteiger partial charge on any atom is -0.490 e. The number of ether oxygens (including phenoxy) is 3. The summed E-state index contributed by atoms with van der Waals surface area (Å²) in [6, 6.07) is 6.83. The Hall–Kier alpha value is -1.84. The minimum absolute atomic E-state index is 0.0212. The maximum Gasteiger partial charge on any atom is 0.416 e. The second kappa shape index (κ2) is 8.49. The Labute approximate surface area is 170 Å². The van der Waals surface area contributed by atoms with Gasteiger partial charge >= 0.3 is 6.18 Å². The van der Waals surface area contributed by atoms with Crippen LogP contribution in [0.3, 0.4) is 0 Å². The van der Waals surface area contributed by atoms with Crippen molar-refractivity contribution in [1.29, 1.82) is 0 Å². The molecule has 3 nitrogen and oxygen atoms in total. The van der Waals surface area contributed by atoms with Crippen LogP contribution in [0.25, 0.3) is 0 Å². The lowest BCUT2D eigenvalue weighted by molar-refractivity contribution is -0.190. The van der Waals surface area contributed by atoms with Crippen molar-refractivity contribution < 1.29 is 36.2 Å². The SMILES string of the molecule is CC1([C@@H]2COc3c(F)ccc(F)c3C2)OCCO1.FC(F)(F)c1ccc(S)cc1. The van der Waals surface area contributed by atoms with E-state index in [2.05, 4.69) is 12.6 Å². The molecule has 9 heteroatoms. The summed E-state index contributed by atoms with van der Waals surface area (Å²) >= 11 is 3.86. The Morgan fingerprint density at radius 1 is 0.966 bits per heavy atom. The summed E-state index contributed by atoms with van der Waals surface area (Å²) < 4.78 is 79.3. The predicted molar refractivity (Wildman–Crippen MR) is 98.1 cm³/mol. The maximum absolute atomic E-state index is 13.7. The van der Waals surface area contributed by atoms with Crippen molar-refractivity contribution in [3.05, 3.63) is 59.2 Å². The molecule has 2 heterocycles. The molecule has 0 aliphatic carbocycles. The molecule has 1 saturated heterocycles. The van der Waals surface area contributed by atoms with E-state index in [0.29, 0.717) is 24.5 Å². The van der Waals surface area contributed by atoms with E-state index in [0.717, 1.165) is 24.3 Å². The number of halogens is 5. The van der Waals surface area contributed by atoms with Crippen LogP contribution in [0, 0.1) is 17.6 Å². The number of rotatable bonds is 1. The van der Waals surface area contributed by atoms with E-state index >= 15 is 0 Å². The van der Waals surface area contributed by atoms with Crippen LogP contribution in [0.5, 0.6) is 5.75 Å². The van der Waals surface area contributed by atoms with Gasteiger partial charge in [0.05, 0.1) is 31.3 Å². The highest BCUT2D eigenvalue weighted by Gasteiger charge is 2.43. The first-order chi connectivity index (χ1) is 13.6. The lowest BCUT2D eigenvalue weighted by Gasteiger charge is -2.35. The summed E-state index contributed by atoms with van der Waals surface area (Å²) in [6.45, 7) is 3.12. The van der Waals surface area contributed by atoms with Crippen molar-refractivity contribution in [2.45, 2.75) is 30.2 Å². The number of hydrogen-bond acceptors (Lipinski definition) is 4. The van der Waals surface area contributed by atoms with Gasteiger partial charge in [-0.25, -0.2) is 8.78 Å². The van der Waals surface area contributed by atoms with E-state index in [1.54, 1.807) is 0 Å². The van der Waals surface area contributed by atoms with Gasteiger partial charge in [0.2, 0.25) is 0 Å². The molecular weight excluding hydrogens is 415 g/mol. The van der Waals surface area contributed by atoms with E-state index in [9.17, 15) is 22.0 Å². The van der Waals surface area contributed by atoms with Crippen LogP contribution < -0.4 is 4.74 Å². The summed E-state index contributed by atoms with van der Waals surface area (Å²) in [5.74, 6) is -1.85. The summed E-state index contributed by atoms with van der Waals surface area (Å²) in [4.78, 5) is 0.526. The van der Waals surface area contributed by atoms with Gasteiger partial charge in [-0.15, -0.1) is 12.6 Å². The van der Waals surface area contributed by atoms with E-state index in [-0.39, 0.29) is 23.8 Å².